The maximum atomic E-state index is 6.16. The Labute approximate surface area is 120 Å². The number of hydrogen-bond acceptors (Lipinski definition) is 4. The van der Waals surface area contributed by atoms with Gasteiger partial charge in [0.25, 0.3) is 0 Å². The van der Waals surface area contributed by atoms with Crippen LogP contribution in [0.3, 0.4) is 0 Å². The van der Waals surface area contributed by atoms with Gasteiger partial charge in [0.15, 0.2) is 11.5 Å². The molecule has 110 valence electrons. The third-order valence-corrected chi connectivity index (χ3v) is 4.84. The number of methoxy groups -OCH3 is 2. The summed E-state index contributed by atoms with van der Waals surface area (Å²) in [6, 6.07) is 7.16. The standard InChI is InChI=1S/C16H24N2O2/c1-19-15-6-5-13(10-16(15)20-2)18-8-7-11-3-4-12(17)9-14(11)18/h5-6,10-12,14H,3-4,7-9,17H2,1-2H3. The van der Waals surface area contributed by atoms with Crippen molar-refractivity contribution in [2.75, 3.05) is 25.7 Å². The largest absolute Gasteiger partial charge is 0.493 e. The van der Waals surface area contributed by atoms with E-state index in [9.17, 15) is 0 Å². The molecule has 4 nitrogen and oxygen atoms in total. The molecule has 1 saturated heterocycles. The van der Waals surface area contributed by atoms with E-state index >= 15 is 0 Å². The first-order valence-electron chi connectivity index (χ1n) is 7.47. The van der Waals surface area contributed by atoms with Crippen LogP contribution in [0.15, 0.2) is 18.2 Å². The molecule has 0 spiro atoms. The maximum Gasteiger partial charge on any atom is 0.162 e. The van der Waals surface area contributed by atoms with Crippen LogP contribution in [0.5, 0.6) is 11.5 Å². The van der Waals surface area contributed by atoms with Gasteiger partial charge in [-0.05, 0) is 43.7 Å². The van der Waals surface area contributed by atoms with Gasteiger partial charge in [-0.25, -0.2) is 0 Å². The second-order valence-electron chi connectivity index (χ2n) is 5.92. The predicted octanol–water partition coefficient (Wildman–Crippen LogP) is 2.41. The number of hydrogen-bond donors (Lipinski definition) is 1. The zero-order valence-corrected chi connectivity index (χ0v) is 12.3. The van der Waals surface area contributed by atoms with Crippen LogP contribution in [0.1, 0.15) is 25.7 Å². The van der Waals surface area contributed by atoms with Crippen molar-refractivity contribution < 1.29 is 9.47 Å². The Balaban J connectivity index is 1.85. The highest BCUT2D eigenvalue weighted by atomic mass is 16.5. The molecule has 2 fully saturated rings. The van der Waals surface area contributed by atoms with E-state index in [1.54, 1.807) is 14.2 Å². The number of nitrogens with zero attached hydrogens (tertiary/aromatic N) is 1. The molecule has 4 heteroatoms. The highest BCUT2D eigenvalue weighted by Crippen LogP contribution is 2.40. The molecule has 2 N–H and O–H groups in total. The van der Waals surface area contributed by atoms with Crippen LogP contribution in [-0.4, -0.2) is 32.8 Å². The SMILES string of the molecule is COc1ccc(N2CCC3CCC(N)CC32)cc1OC. The Hall–Kier alpha value is -1.42. The summed E-state index contributed by atoms with van der Waals surface area (Å²) in [5, 5.41) is 0. The van der Waals surface area contributed by atoms with E-state index in [4.69, 9.17) is 15.2 Å². The van der Waals surface area contributed by atoms with Gasteiger partial charge >= 0.3 is 0 Å². The van der Waals surface area contributed by atoms with Crippen LogP contribution in [0, 0.1) is 5.92 Å². The summed E-state index contributed by atoms with van der Waals surface area (Å²) in [5.74, 6) is 2.39. The summed E-state index contributed by atoms with van der Waals surface area (Å²) in [6.45, 7) is 1.12. The Bertz CT molecular complexity index is 478. The number of anilines is 1. The minimum absolute atomic E-state index is 0.358. The molecular formula is C16H24N2O2. The van der Waals surface area contributed by atoms with Gasteiger partial charge in [-0.15, -0.1) is 0 Å². The fraction of sp³-hybridized carbons (Fsp3) is 0.625. The smallest absolute Gasteiger partial charge is 0.162 e. The molecule has 0 radical (unpaired) electrons. The molecular weight excluding hydrogens is 252 g/mol. The minimum Gasteiger partial charge on any atom is -0.493 e. The molecule has 0 amide bonds. The Kier molecular flexibility index (Phi) is 3.74. The monoisotopic (exact) mass is 276 g/mol. The van der Waals surface area contributed by atoms with Crippen LogP contribution >= 0.6 is 0 Å². The molecule has 1 heterocycles. The summed E-state index contributed by atoms with van der Waals surface area (Å²) in [7, 11) is 3.36. The van der Waals surface area contributed by atoms with E-state index in [0.29, 0.717) is 12.1 Å². The fourth-order valence-corrected chi connectivity index (χ4v) is 3.75. The van der Waals surface area contributed by atoms with Crippen molar-refractivity contribution in [1.29, 1.82) is 0 Å². The van der Waals surface area contributed by atoms with Gasteiger partial charge in [0.2, 0.25) is 0 Å². The fourth-order valence-electron chi connectivity index (χ4n) is 3.75. The number of rotatable bonds is 3. The first-order valence-corrected chi connectivity index (χ1v) is 7.47. The minimum atomic E-state index is 0.358. The van der Waals surface area contributed by atoms with Crippen molar-refractivity contribution in [1.82, 2.24) is 0 Å². The number of ether oxygens (including phenoxy) is 2. The molecule has 3 rings (SSSR count). The van der Waals surface area contributed by atoms with Gasteiger partial charge in [-0.1, -0.05) is 0 Å². The molecule has 1 aliphatic carbocycles. The second kappa shape index (κ2) is 5.52. The summed E-state index contributed by atoms with van der Waals surface area (Å²) in [5.41, 5.74) is 7.39. The molecule has 3 atom stereocenters. The van der Waals surface area contributed by atoms with Crippen molar-refractivity contribution in [2.24, 2.45) is 11.7 Å². The van der Waals surface area contributed by atoms with Gasteiger partial charge in [-0.3, -0.25) is 0 Å². The van der Waals surface area contributed by atoms with Gasteiger partial charge in [0, 0.05) is 30.4 Å². The quantitative estimate of drug-likeness (QED) is 0.921. The van der Waals surface area contributed by atoms with E-state index in [0.717, 1.165) is 30.4 Å². The van der Waals surface area contributed by atoms with Crippen LogP contribution in [0.25, 0.3) is 0 Å². The van der Waals surface area contributed by atoms with E-state index in [1.807, 2.05) is 6.07 Å². The highest BCUT2D eigenvalue weighted by Gasteiger charge is 2.38. The molecule has 1 aliphatic heterocycles. The van der Waals surface area contributed by atoms with Crippen molar-refractivity contribution in [2.45, 2.75) is 37.8 Å². The molecule has 0 bridgehead atoms. The average Bonchev–Trinajstić information content (AvgIpc) is 2.89. The summed E-state index contributed by atoms with van der Waals surface area (Å²) in [4.78, 5) is 2.51. The normalized spacial score (nSPS) is 29.1. The molecule has 1 saturated carbocycles. The molecule has 1 aromatic rings. The lowest BCUT2D eigenvalue weighted by molar-refractivity contribution is 0.310. The summed E-state index contributed by atoms with van der Waals surface area (Å²) >= 11 is 0. The van der Waals surface area contributed by atoms with Crippen molar-refractivity contribution in [3.8, 4) is 11.5 Å². The van der Waals surface area contributed by atoms with E-state index < -0.39 is 0 Å². The molecule has 20 heavy (non-hydrogen) atoms. The van der Waals surface area contributed by atoms with E-state index in [2.05, 4.69) is 17.0 Å². The topological polar surface area (TPSA) is 47.7 Å². The second-order valence-corrected chi connectivity index (χ2v) is 5.92. The lowest BCUT2D eigenvalue weighted by Gasteiger charge is -2.36. The molecule has 0 aromatic heterocycles. The van der Waals surface area contributed by atoms with Crippen molar-refractivity contribution in [3.05, 3.63) is 18.2 Å². The third kappa shape index (κ3) is 2.33. The van der Waals surface area contributed by atoms with Gasteiger partial charge < -0.3 is 20.1 Å². The van der Waals surface area contributed by atoms with Crippen LogP contribution in [-0.2, 0) is 0 Å². The lowest BCUT2D eigenvalue weighted by Crippen LogP contribution is -2.42. The first-order chi connectivity index (χ1) is 9.72. The number of fused-ring (bicyclic) bond motifs is 1. The Morgan fingerprint density at radius 3 is 2.65 bits per heavy atom. The Morgan fingerprint density at radius 2 is 1.90 bits per heavy atom. The van der Waals surface area contributed by atoms with E-state index in [-0.39, 0.29) is 0 Å². The predicted molar refractivity (Wildman–Crippen MR) is 80.6 cm³/mol. The highest BCUT2D eigenvalue weighted by molar-refractivity contribution is 5.57. The van der Waals surface area contributed by atoms with Gasteiger partial charge in [-0.2, -0.15) is 0 Å². The summed E-state index contributed by atoms with van der Waals surface area (Å²) in [6.07, 6.45) is 4.85. The zero-order valence-electron chi connectivity index (χ0n) is 12.3. The average molecular weight is 276 g/mol. The van der Waals surface area contributed by atoms with Crippen molar-refractivity contribution >= 4 is 5.69 Å². The third-order valence-electron chi connectivity index (χ3n) is 4.84. The molecule has 3 unspecified atom stereocenters. The van der Waals surface area contributed by atoms with E-state index in [1.165, 1.54) is 24.9 Å². The molecule has 2 aliphatic rings. The van der Waals surface area contributed by atoms with Crippen LogP contribution in [0.2, 0.25) is 0 Å². The Morgan fingerprint density at radius 1 is 1.10 bits per heavy atom. The van der Waals surface area contributed by atoms with Crippen LogP contribution in [0.4, 0.5) is 5.69 Å². The lowest BCUT2D eigenvalue weighted by atomic mass is 9.82. The summed E-state index contributed by atoms with van der Waals surface area (Å²) < 4.78 is 10.7. The number of nitrogens with two attached hydrogens (primary N) is 1. The van der Waals surface area contributed by atoms with Crippen LogP contribution < -0.4 is 20.1 Å². The van der Waals surface area contributed by atoms with Gasteiger partial charge in [0.1, 0.15) is 0 Å². The maximum absolute atomic E-state index is 6.16. The first kappa shape index (κ1) is 13.6. The number of benzene rings is 1. The van der Waals surface area contributed by atoms with Gasteiger partial charge in [0.05, 0.1) is 14.2 Å². The molecule has 1 aromatic carbocycles. The zero-order chi connectivity index (χ0) is 14.1. The van der Waals surface area contributed by atoms with Crippen molar-refractivity contribution in [3.63, 3.8) is 0 Å².